The minimum Gasteiger partial charge on any atom is -0.306 e. The minimum atomic E-state index is -3.65. The molecule has 0 fully saturated rings. The molecule has 0 spiro atoms. The van der Waals surface area contributed by atoms with Gasteiger partial charge in [0, 0.05) is 24.7 Å². The summed E-state index contributed by atoms with van der Waals surface area (Å²) in [6, 6.07) is 13.2. The van der Waals surface area contributed by atoms with E-state index in [0.29, 0.717) is 29.8 Å². The van der Waals surface area contributed by atoms with Crippen LogP contribution >= 0.6 is 0 Å². The maximum atomic E-state index is 13.1. The molecule has 1 amide bonds. The molecule has 212 valence electrons. The molecule has 2 N–H and O–H groups in total. The van der Waals surface area contributed by atoms with Gasteiger partial charge >= 0.3 is 0 Å². The first-order chi connectivity index (χ1) is 19.5. The standard InChI is InChI=1S/C28H30N8O4S/c1-6-34(7-2)41(39,40)22-12-9-20(10-13-22)26(37)30-24-15-19(5)33-36(24)28-31-25-23(27(38)32-28)16-29-35(25)21-11-8-17(3)18(4)14-21/h8-16H,6-7H2,1-5H3,(H,30,37)(H,31,32,38). The summed E-state index contributed by atoms with van der Waals surface area (Å²) < 4.78 is 29.9. The number of H-pyrrole nitrogens is 1. The zero-order chi connectivity index (χ0) is 29.5. The van der Waals surface area contributed by atoms with E-state index in [2.05, 4.69) is 25.5 Å². The topological polar surface area (TPSA) is 148 Å². The Hall–Kier alpha value is -4.62. The Balaban J connectivity index is 1.48. The van der Waals surface area contributed by atoms with Gasteiger partial charge in [-0.1, -0.05) is 19.9 Å². The normalized spacial score (nSPS) is 11.9. The summed E-state index contributed by atoms with van der Waals surface area (Å²) in [5.74, 6) is -0.120. The fourth-order valence-corrected chi connectivity index (χ4v) is 5.94. The van der Waals surface area contributed by atoms with Gasteiger partial charge in [0.05, 0.1) is 22.5 Å². The number of nitrogens with one attached hydrogen (secondary N) is 2. The number of anilines is 1. The number of aromatic amines is 1. The minimum absolute atomic E-state index is 0.0946. The molecule has 2 aromatic carbocycles. The summed E-state index contributed by atoms with van der Waals surface area (Å²) in [6.07, 6.45) is 1.46. The van der Waals surface area contributed by atoms with E-state index in [4.69, 9.17) is 0 Å². The highest BCUT2D eigenvalue weighted by atomic mass is 32.2. The Kier molecular flexibility index (Phi) is 7.32. The summed E-state index contributed by atoms with van der Waals surface area (Å²) in [5.41, 5.74) is 3.71. The quantitative estimate of drug-likeness (QED) is 0.288. The van der Waals surface area contributed by atoms with Crippen LogP contribution in [0, 0.1) is 20.8 Å². The monoisotopic (exact) mass is 574 g/mol. The maximum Gasteiger partial charge on any atom is 0.263 e. The molecular weight excluding hydrogens is 544 g/mol. The molecule has 0 saturated carbocycles. The van der Waals surface area contributed by atoms with Crippen molar-refractivity contribution < 1.29 is 13.2 Å². The zero-order valence-electron chi connectivity index (χ0n) is 23.3. The number of nitrogens with zero attached hydrogens (tertiary/aromatic N) is 6. The van der Waals surface area contributed by atoms with Crippen LogP contribution in [0.5, 0.6) is 0 Å². The highest BCUT2D eigenvalue weighted by molar-refractivity contribution is 7.89. The number of fused-ring (bicyclic) bond motifs is 1. The van der Waals surface area contributed by atoms with Gasteiger partial charge in [-0.05, 0) is 68.3 Å². The molecule has 0 atom stereocenters. The number of hydrogen-bond donors (Lipinski definition) is 2. The van der Waals surface area contributed by atoms with Crippen LogP contribution in [0.4, 0.5) is 5.82 Å². The summed E-state index contributed by atoms with van der Waals surface area (Å²) in [5, 5.41) is 11.9. The van der Waals surface area contributed by atoms with E-state index in [-0.39, 0.29) is 22.2 Å². The second-order valence-corrected chi connectivity index (χ2v) is 11.5. The van der Waals surface area contributed by atoms with Crippen LogP contribution in [0.2, 0.25) is 0 Å². The van der Waals surface area contributed by atoms with Crippen molar-refractivity contribution in [2.75, 3.05) is 18.4 Å². The lowest BCUT2D eigenvalue weighted by Gasteiger charge is -2.18. The van der Waals surface area contributed by atoms with Gasteiger partial charge in [-0.3, -0.25) is 14.6 Å². The molecule has 41 heavy (non-hydrogen) atoms. The van der Waals surface area contributed by atoms with E-state index >= 15 is 0 Å². The summed E-state index contributed by atoms with van der Waals surface area (Å²) in [7, 11) is -3.65. The molecule has 0 saturated heterocycles. The lowest BCUT2D eigenvalue weighted by Crippen LogP contribution is -2.30. The average Bonchev–Trinajstić information content (AvgIpc) is 3.54. The van der Waals surface area contributed by atoms with Gasteiger partial charge in [-0.25, -0.2) is 13.1 Å². The molecule has 0 radical (unpaired) electrons. The summed E-state index contributed by atoms with van der Waals surface area (Å²) >= 11 is 0. The van der Waals surface area contributed by atoms with E-state index in [1.165, 1.54) is 39.4 Å². The van der Waals surface area contributed by atoms with Crippen molar-refractivity contribution in [2.24, 2.45) is 0 Å². The van der Waals surface area contributed by atoms with Crippen LogP contribution in [-0.2, 0) is 10.0 Å². The lowest BCUT2D eigenvalue weighted by molar-refractivity contribution is 0.102. The predicted octanol–water partition coefficient (Wildman–Crippen LogP) is 3.50. The van der Waals surface area contributed by atoms with Crippen LogP contribution in [0.15, 0.2) is 64.4 Å². The van der Waals surface area contributed by atoms with Crippen LogP contribution in [-0.4, -0.2) is 61.2 Å². The number of sulfonamides is 1. The van der Waals surface area contributed by atoms with Crippen molar-refractivity contribution in [3.63, 3.8) is 0 Å². The molecule has 0 unspecified atom stereocenters. The lowest BCUT2D eigenvalue weighted by atomic mass is 10.1. The Morgan fingerprint density at radius 3 is 2.34 bits per heavy atom. The number of aromatic nitrogens is 6. The van der Waals surface area contributed by atoms with Gasteiger partial charge in [-0.15, -0.1) is 0 Å². The largest absolute Gasteiger partial charge is 0.306 e. The first-order valence-corrected chi connectivity index (χ1v) is 14.5. The third-order valence-corrected chi connectivity index (χ3v) is 8.96. The number of hydrogen-bond acceptors (Lipinski definition) is 7. The molecule has 5 rings (SSSR count). The smallest absolute Gasteiger partial charge is 0.263 e. The molecular formula is C28H30N8O4S. The number of rotatable bonds is 8. The second kappa shape index (κ2) is 10.7. The Morgan fingerprint density at radius 1 is 0.976 bits per heavy atom. The van der Waals surface area contributed by atoms with Crippen LogP contribution in [0.25, 0.3) is 22.7 Å². The van der Waals surface area contributed by atoms with Crippen molar-refractivity contribution in [1.82, 2.24) is 33.8 Å². The van der Waals surface area contributed by atoms with Gasteiger partial charge in [0.25, 0.3) is 11.5 Å². The van der Waals surface area contributed by atoms with Crippen molar-refractivity contribution in [3.8, 4) is 11.6 Å². The van der Waals surface area contributed by atoms with Gasteiger partial charge in [0.2, 0.25) is 16.0 Å². The highest BCUT2D eigenvalue weighted by Crippen LogP contribution is 2.21. The first kappa shape index (κ1) is 27.9. The number of amides is 1. The second-order valence-electron chi connectivity index (χ2n) is 9.60. The number of benzene rings is 2. The SMILES string of the molecule is CCN(CC)S(=O)(=O)c1ccc(C(=O)Nc2cc(C)nn2-c2nc3c(cnn3-c3ccc(C)c(C)c3)c(=O)[nH]2)cc1. The number of carbonyl (C=O) groups is 1. The summed E-state index contributed by atoms with van der Waals surface area (Å²) in [6.45, 7) is 9.98. The molecule has 5 aromatic rings. The number of aryl methyl sites for hydroxylation is 3. The Labute approximate surface area is 236 Å². The van der Waals surface area contributed by atoms with Gasteiger partial charge < -0.3 is 5.32 Å². The Morgan fingerprint density at radius 2 is 1.68 bits per heavy atom. The third-order valence-electron chi connectivity index (χ3n) is 6.89. The van der Waals surface area contributed by atoms with Crippen molar-refractivity contribution >= 4 is 32.8 Å². The van der Waals surface area contributed by atoms with Gasteiger partial charge in [-0.2, -0.15) is 24.2 Å². The van der Waals surface area contributed by atoms with Gasteiger partial charge in [0.15, 0.2) is 5.65 Å². The molecule has 3 aromatic heterocycles. The average molecular weight is 575 g/mol. The Bertz CT molecular complexity index is 1930. The van der Waals surface area contributed by atoms with E-state index in [9.17, 15) is 18.0 Å². The maximum absolute atomic E-state index is 13.1. The molecule has 0 aliphatic heterocycles. The molecule has 0 aliphatic rings. The zero-order valence-corrected chi connectivity index (χ0v) is 24.2. The molecule has 0 aliphatic carbocycles. The highest BCUT2D eigenvalue weighted by Gasteiger charge is 2.22. The molecule has 13 heteroatoms. The van der Waals surface area contributed by atoms with E-state index < -0.39 is 21.5 Å². The summed E-state index contributed by atoms with van der Waals surface area (Å²) in [4.78, 5) is 33.6. The fraction of sp³-hybridized carbons (Fsp3) is 0.250. The van der Waals surface area contributed by atoms with Crippen molar-refractivity contribution in [2.45, 2.75) is 39.5 Å². The van der Waals surface area contributed by atoms with Crippen molar-refractivity contribution in [1.29, 1.82) is 0 Å². The van der Waals surface area contributed by atoms with Crippen LogP contribution in [0.3, 0.4) is 0 Å². The van der Waals surface area contributed by atoms with Gasteiger partial charge in [0.1, 0.15) is 11.2 Å². The van der Waals surface area contributed by atoms with Crippen LogP contribution < -0.4 is 10.9 Å². The van der Waals surface area contributed by atoms with Crippen LogP contribution in [0.1, 0.15) is 41.0 Å². The number of carbonyl (C=O) groups excluding carboxylic acids is 1. The molecule has 12 nitrogen and oxygen atoms in total. The third kappa shape index (κ3) is 5.16. The molecule has 0 bridgehead atoms. The molecule has 3 heterocycles. The van der Waals surface area contributed by atoms with E-state index in [1.807, 2.05) is 32.0 Å². The fourth-order valence-electron chi connectivity index (χ4n) is 4.48. The first-order valence-electron chi connectivity index (χ1n) is 13.1. The predicted molar refractivity (Wildman–Crippen MR) is 155 cm³/mol. The van der Waals surface area contributed by atoms with E-state index in [0.717, 1.165) is 16.8 Å². The van der Waals surface area contributed by atoms with E-state index in [1.54, 1.807) is 31.5 Å². The van der Waals surface area contributed by atoms with Crippen molar-refractivity contribution in [3.05, 3.63) is 87.5 Å².